The molecule has 0 aliphatic heterocycles. The van der Waals surface area contributed by atoms with Crippen molar-refractivity contribution in [1.29, 1.82) is 0 Å². The van der Waals surface area contributed by atoms with Crippen LogP contribution in [0.1, 0.15) is 37.1 Å². The number of anilines is 1. The van der Waals surface area contributed by atoms with Crippen LogP contribution in [0.15, 0.2) is 102 Å². The third-order valence-corrected chi connectivity index (χ3v) is 9.10. The quantitative estimate of drug-likeness (QED) is 0.165. The largest absolute Gasteiger partial charge is 0.382 e. The molecular weight excluding hydrogens is 562 g/mol. The van der Waals surface area contributed by atoms with Crippen molar-refractivity contribution in [2.45, 2.75) is 43.1 Å². The number of nitrogen functional groups attached to an aromatic ring is 1. The zero-order chi connectivity index (χ0) is 29.8. The van der Waals surface area contributed by atoms with Crippen LogP contribution in [0.5, 0.6) is 0 Å². The predicted octanol–water partition coefficient (Wildman–Crippen LogP) is 6.48. The minimum absolute atomic E-state index is 0.0120. The fourth-order valence-electron chi connectivity index (χ4n) is 5.71. The Bertz CT molecular complexity index is 2090. The minimum Gasteiger partial charge on any atom is -0.382 e. The van der Waals surface area contributed by atoms with E-state index in [1.54, 1.807) is 18.3 Å². The van der Waals surface area contributed by atoms with Crippen molar-refractivity contribution in [3.63, 3.8) is 0 Å². The Balaban J connectivity index is 1.17. The lowest BCUT2D eigenvalue weighted by Crippen LogP contribution is -2.43. The van der Waals surface area contributed by atoms with E-state index in [-0.39, 0.29) is 10.8 Å². The van der Waals surface area contributed by atoms with Crippen LogP contribution in [-0.4, -0.2) is 33.4 Å². The fraction of sp³-hybridized carbons (Fsp3) is 0.182. The van der Waals surface area contributed by atoms with Gasteiger partial charge in [0.15, 0.2) is 0 Å². The summed E-state index contributed by atoms with van der Waals surface area (Å²) in [6.45, 7) is 3.72. The number of aryl methyl sites for hydroxylation is 1. The molecule has 7 rings (SSSR count). The van der Waals surface area contributed by atoms with Gasteiger partial charge in [0.25, 0.3) is 0 Å². The molecule has 3 heterocycles. The van der Waals surface area contributed by atoms with Gasteiger partial charge in [-0.2, -0.15) is 8.42 Å². The Kier molecular flexibility index (Phi) is 6.50. The molecule has 6 aromatic rings. The van der Waals surface area contributed by atoms with Crippen molar-refractivity contribution in [1.82, 2.24) is 19.4 Å². The highest BCUT2D eigenvalue weighted by Crippen LogP contribution is 2.48. The molecule has 0 bridgehead atoms. The van der Waals surface area contributed by atoms with Gasteiger partial charge in [0.2, 0.25) is 0 Å². The Morgan fingerprint density at radius 2 is 1.67 bits per heavy atom. The van der Waals surface area contributed by atoms with Crippen LogP contribution in [0.25, 0.3) is 38.9 Å². The average Bonchev–Trinajstić information content (AvgIpc) is 3.39. The van der Waals surface area contributed by atoms with E-state index in [0.29, 0.717) is 29.9 Å². The minimum atomic E-state index is -4.05. The van der Waals surface area contributed by atoms with Gasteiger partial charge in [-0.3, -0.25) is 4.40 Å². The van der Waals surface area contributed by atoms with E-state index in [2.05, 4.69) is 11.1 Å². The molecule has 0 saturated heterocycles. The molecule has 3 aromatic carbocycles. The summed E-state index contributed by atoms with van der Waals surface area (Å²) in [6.07, 6.45) is 4.52. The molecule has 0 spiro atoms. The summed E-state index contributed by atoms with van der Waals surface area (Å²) in [5, 5.41) is 1.02. The first-order chi connectivity index (χ1) is 20.7. The molecule has 1 aliphatic carbocycles. The molecule has 0 amide bonds. The van der Waals surface area contributed by atoms with Gasteiger partial charge in [0.1, 0.15) is 28.5 Å². The maximum absolute atomic E-state index is 12.7. The van der Waals surface area contributed by atoms with Gasteiger partial charge < -0.3 is 5.73 Å². The number of imidazole rings is 1. The molecule has 1 saturated carbocycles. The summed E-state index contributed by atoms with van der Waals surface area (Å²) in [6, 6.07) is 26.7. The number of hydrogen-bond donors (Lipinski definition) is 1. The predicted molar refractivity (Wildman–Crippen MR) is 164 cm³/mol. The van der Waals surface area contributed by atoms with E-state index in [4.69, 9.17) is 24.9 Å². The number of pyridine rings is 1. The summed E-state index contributed by atoms with van der Waals surface area (Å²) in [4.78, 5) is 19.9. The SMILES string of the molecule is Cc1ccc(S(=O)(=O)OO[C@]2(C)C[C@H](c3nc(-c4ccc5ccc(-c6ccccc6)nc5c4)c4c(N)nccn43)C2)cc1. The number of hydrogen-bond acceptors (Lipinski definition) is 8. The normalized spacial score (nSPS) is 18.6. The van der Waals surface area contributed by atoms with E-state index >= 15 is 0 Å². The number of rotatable bonds is 7. The van der Waals surface area contributed by atoms with E-state index < -0.39 is 15.7 Å². The van der Waals surface area contributed by atoms with Crippen molar-refractivity contribution in [2.75, 3.05) is 5.73 Å². The molecule has 43 heavy (non-hydrogen) atoms. The zero-order valence-electron chi connectivity index (χ0n) is 23.6. The summed E-state index contributed by atoms with van der Waals surface area (Å²) in [7, 11) is -4.05. The van der Waals surface area contributed by atoms with Gasteiger partial charge >= 0.3 is 10.1 Å². The first-order valence-electron chi connectivity index (χ1n) is 14.0. The summed E-state index contributed by atoms with van der Waals surface area (Å²) >= 11 is 0. The maximum Gasteiger partial charge on any atom is 0.323 e. The molecule has 216 valence electrons. The van der Waals surface area contributed by atoms with Crippen LogP contribution in [0.4, 0.5) is 5.82 Å². The van der Waals surface area contributed by atoms with Crippen molar-refractivity contribution < 1.29 is 17.6 Å². The molecule has 3 aromatic heterocycles. The number of benzene rings is 3. The molecule has 1 aliphatic rings. The molecule has 0 atom stereocenters. The molecule has 0 radical (unpaired) electrons. The summed E-state index contributed by atoms with van der Waals surface area (Å²) in [5.41, 5.74) is 11.6. The van der Waals surface area contributed by atoms with Gasteiger partial charge in [0, 0.05) is 34.8 Å². The topological polar surface area (TPSA) is 122 Å². The molecule has 0 unspecified atom stereocenters. The van der Waals surface area contributed by atoms with Gasteiger partial charge in [-0.1, -0.05) is 66.2 Å². The van der Waals surface area contributed by atoms with E-state index in [1.807, 2.05) is 79.0 Å². The van der Waals surface area contributed by atoms with Gasteiger partial charge in [0.05, 0.1) is 16.1 Å². The second kappa shape index (κ2) is 10.3. The standard InChI is InChI=1S/C33H29N5O4S/c1-21-8-13-26(14-9-21)43(39,40)42-41-33(2)19-25(20-33)32-37-29(30-31(34)35-16-17-38(30)32)24-11-10-23-12-15-27(36-28(23)18-24)22-6-4-3-5-7-22/h3-18,25H,19-20H2,1-2H3,(H2,34,35)/t25-,33+. The molecular formula is C33H29N5O4S. The second-order valence-corrected chi connectivity index (χ2v) is 12.8. The van der Waals surface area contributed by atoms with Gasteiger partial charge in [-0.05, 0) is 51.0 Å². The highest BCUT2D eigenvalue weighted by atomic mass is 32.2. The molecule has 9 nitrogen and oxygen atoms in total. The number of nitrogens with two attached hydrogens (primary N) is 1. The Labute approximate surface area is 249 Å². The third kappa shape index (κ3) is 5.03. The summed E-state index contributed by atoms with van der Waals surface area (Å²) in [5.74, 6) is 1.16. The number of fused-ring (bicyclic) bond motifs is 2. The maximum atomic E-state index is 12.7. The molecule has 10 heteroatoms. The monoisotopic (exact) mass is 591 g/mol. The van der Waals surface area contributed by atoms with Gasteiger partial charge in [-0.25, -0.2) is 19.8 Å². The Morgan fingerprint density at radius 3 is 2.44 bits per heavy atom. The molecule has 2 N–H and O–H groups in total. The highest BCUT2D eigenvalue weighted by molar-refractivity contribution is 7.86. The second-order valence-electron chi connectivity index (χ2n) is 11.3. The van der Waals surface area contributed by atoms with Crippen molar-refractivity contribution in [3.8, 4) is 22.5 Å². The fourth-order valence-corrected chi connectivity index (χ4v) is 6.52. The van der Waals surface area contributed by atoms with Crippen LogP contribution in [-0.2, 0) is 19.3 Å². The Morgan fingerprint density at radius 1 is 0.930 bits per heavy atom. The smallest absolute Gasteiger partial charge is 0.323 e. The summed E-state index contributed by atoms with van der Waals surface area (Å²) < 4.78 is 32.3. The van der Waals surface area contributed by atoms with Crippen LogP contribution in [0.2, 0.25) is 0 Å². The van der Waals surface area contributed by atoms with Crippen molar-refractivity contribution >= 4 is 32.4 Å². The number of nitrogens with zero attached hydrogens (tertiary/aromatic N) is 4. The van der Waals surface area contributed by atoms with E-state index in [0.717, 1.165) is 39.1 Å². The van der Waals surface area contributed by atoms with E-state index in [9.17, 15) is 8.42 Å². The van der Waals surface area contributed by atoms with Crippen LogP contribution >= 0.6 is 0 Å². The van der Waals surface area contributed by atoms with Crippen LogP contribution in [0.3, 0.4) is 0 Å². The Hall–Kier alpha value is -4.64. The van der Waals surface area contributed by atoms with Crippen molar-refractivity contribution in [2.24, 2.45) is 0 Å². The lowest BCUT2D eigenvalue weighted by atomic mass is 9.71. The van der Waals surface area contributed by atoms with Crippen molar-refractivity contribution in [3.05, 3.63) is 109 Å². The van der Waals surface area contributed by atoms with Crippen LogP contribution in [0, 0.1) is 6.92 Å². The highest BCUT2D eigenvalue weighted by Gasteiger charge is 2.46. The third-order valence-electron chi connectivity index (χ3n) is 8.00. The number of aromatic nitrogens is 4. The lowest BCUT2D eigenvalue weighted by Gasteiger charge is -2.42. The van der Waals surface area contributed by atoms with Crippen LogP contribution < -0.4 is 5.73 Å². The zero-order valence-corrected chi connectivity index (χ0v) is 24.5. The first-order valence-corrected chi connectivity index (χ1v) is 15.4. The lowest BCUT2D eigenvalue weighted by molar-refractivity contribution is -0.309. The molecule has 1 fully saturated rings. The average molecular weight is 592 g/mol. The van der Waals surface area contributed by atoms with Gasteiger partial charge in [-0.15, -0.1) is 4.33 Å². The first kappa shape index (κ1) is 27.2. The van der Waals surface area contributed by atoms with E-state index in [1.165, 1.54) is 12.1 Å².